The Bertz CT molecular complexity index is 717. The first-order valence-corrected chi connectivity index (χ1v) is 10.9. The molecule has 0 spiro atoms. The van der Waals surface area contributed by atoms with Crippen LogP contribution in [-0.2, 0) is 6.54 Å². The van der Waals surface area contributed by atoms with E-state index in [1.807, 2.05) is 21.9 Å². The fraction of sp³-hybridized carbons (Fsp3) is 0.609. The van der Waals surface area contributed by atoms with Gasteiger partial charge in [0.2, 0.25) is 0 Å². The second-order valence-corrected chi connectivity index (χ2v) is 8.70. The molecule has 6 heteroatoms. The fourth-order valence-electron chi connectivity index (χ4n) is 4.90. The molecule has 4 rings (SSSR count). The summed E-state index contributed by atoms with van der Waals surface area (Å²) in [6.07, 6.45) is 5.44. The van der Waals surface area contributed by atoms with Crippen LogP contribution in [0, 0.1) is 5.92 Å². The van der Waals surface area contributed by atoms with Crippen LogP contribution in [0.5, 0.6) is 5.75 Å². The molecule has 3 saturated heterocycles. The Morgan fingerprint density at radius 2 is 1.83 bits per heavy atom. The summed E-state index contributed by atoms with van der Waals surface area (Å²) in [6.45, 7) is 9.85. The predicted molar refractivity (Wildman–Crippen MR) is 113 cm³/mol. The highest BCUT2D eigenvalue weighted by molar-refractivity contribution is 5.75. The van der Waals surface area contributed by atoms with Crippen molar-refractivity contribution in [3.8, 4) is 5.75 Å². The van der Waals surface area contributed by atoms with Gasteiger partial charge in [-0.05, 0) is 43.4 Å². The standard InChI is InChI=1S/C23H33N3O3/c1-2-15-29-21-7-5-19(6-8-21)16-24-13-9-23(28)10-14-26(18-20(23)17-24)22(27)25-11-3-4-12-25/h2,5-8,20,28H,1,3-4,9-18H2/t20-,23-/m0/s1. The van der Waals surface area contributed by atoms with Gasteiger partial charge in [-0.15, -0.1) is 0 Å². The van der Waals surface area contributed by atoms with Gasteiger partial charge in [0.1, 0.15) is 12.4 Å². The highest BCUT2D eigenvalue weighted by atomic mass is 16.5. The van der Waals surface area contributed by atoms with Gasteiger partial charge in [0.15, 0.2) is 0 Å². The molecule has 29 heavy (non-hydrogen) atoms. The molecule has 1 aromatic carbocycles. The van der Waals surface area contributed by atoms with E-state index in [0.29, 0.717) is 26.1 Å². The number of carbonyl (C=O) groups is 1. The van der Waals surface area contributed by atoms with Crippen molar-refractivity contribution in [3.05, 3.63) is 42.5 Å². The summed E-state index contributed by atoms with van der Waals surface area (Å²) < 4.78 is 5.55. The van der Waals surface area contributed by atoms with Crippen molar-refractivity contribution < 1.29 is 14.6 Å². The van der Waals surface area contributed by atoms with Crippen molar-refractivity contribution in [3.63, 3.8) is 0 Å². The number of nitrogens with zero attached hydrogens (tertiary/aromatic N) is 3. The van der Waals surface area contributed by atoms with E-state index >= 15 is 0 Å². The third-order valence-corrected chi connectivity index (χ3v) is 6.70. The van der Waals surface area contributed by atoms with Crippen LogP contribution in [0.15, 0.2) is 36.9 Å². The highest BCUT2D eigenvalue weighted by Crippen LogP contribution is 2.36. The van der Waals surface area contributed by atoms with Crippen molar-refractivity contribution in [2.45, 2.75) is 37.8 Å². The molecule has 0 aliphatic carbocycles. The van der Waals surface area contributed by atoms with Crippen molar-refractivity contribution >= 4 is 6.03 Å². The first-order valence-electron chi connectivity index (χ1n) is 10.9. The van der Waals surface area contributed by atoms with Gasteiger partial charge in [-0.1, -0.05) is 24.8 Å². The molecule has 0 unspecified atom stereocenters. The number of hydrogen-bond donors (Lipinski definition) is 1. The van der Waals surface area contributed by atoms with Gasteiger partial charge in [0, 0.05) is 51.7 Å². The molecule has 2 amide bonds. The van der Waals surface area contributed by atoms with E-state index in [-0.39, 0.29) is 11.9 Å². The molecule has 1 aromatic rings. The lowest BCUT2D eigenvalue weighted by Crippen LogP contribution is -2.61. The first-order chi connectivity index (χ1) is 14.1. The zero-order valence-electron chi connectivity index (χ0n) is 17.3. The van der Waals surface area contributed by atoms with Crippen LogP contribution < -0.4 is 4.74 Å². The molecule has 1 N–H and O–H groups in total. The van der Waals surface area contributed by atoms with Crippen LogP contribution in [0.25, 0.3) is 0 Å². The molecular weight excluding hydrogens is 366 g/mol. The minimum atomic E-state index is -0.624. The Hall–Kier alpha value is -2.05. The molecule has 0 radical (unpaired) electrons. The van der Waals surface area contributed by atoms with Gasteiger partial charge < -0.3 is 19.6 Å². The van der Waals surface area contributed by atoms with E-state index in [2.05, 4.69) is 23.6 Å². The van der Waals surface area contributed by atoms with Gasteiger partial charge in [0.05, 0.1) is 5.60 Å². The first kappa shape index (κ1) is 20.2. The van der Waals surface area contributed by atoms with E-state index in [0.717, 1.165) is 57.7 Å². The number of aliphatic hydroxyl groups is 1. The number of amides is 2. The van der Waals surface area contributed by atoms with Gasteiger partial charge in [-0.25, -0.2) is 4.79 Å². The van der Waals surface area contributed by atoms with E-state index in [4.69, 9.17) is 4.74 Å². The van der Waals surface area contributed by atoms with Crippen LogP contribution in [-0.4, -0.2) is 77.3 Å². The van der Waals surface area contributed by atoms with E-state index in [9.17, 15) is 9.90 Å². The number of ether oxygens (including phenoxy) is 1. The second-order valence-electron chi connectivity index (χ2n) is 8.70. The zero-order chi connectivity index (χ0) is 20.3. The molecule has 3 aliphatic heterocycles. The Balaban J connectivity index is 1.35. The summed E-state index contributed by atoms with van der Waals surface area (Å²) in [5, 5.41) is 11.2. The zero-order valence-corrected chi connectivity index (χ0v) is 17.3. The van der Waals surface area contributed by atoms with E-state index in [1.54, 1.807) is 6.08 Å². The van der Waals surface area contributed by atoms with Crippen molar-refractivity contribution in [2.24, 2.45) is 5.92 Å². The molecule has 0 aromatic heterocycles. The fourth-order valence-corrected chi connectivity index (χ4v) is 4.90. The summed E-state index contributed by atoms with van der Waals surface area (Å²) in [5.41, 5.74) is 0.614. The second kappa shape index (κ2) is 8.76. The molecule has 6 nitrogen and oxygen atoms in total. The smallest absolute Gasteiger partial charge is 0.320 e. The van der Waals surface area contributed by atoms with Crippen molar-refractivity contribution in [1.29, 1.82) is 0 Å². The average Bonchev–Trinajstić information content (AvgIpc) is 3.27. The van der Waals surface area contributed by atoms with Crippen LogP contribution in [0.3, 0.4) is 0 Å². The summed E-state index contributed by atoms with van der Waals surface area (Å²) in [5.74, 6) is 0.969. The van der Waals surface area contributed by atoms with Gasteiger partial charge in [0.25, 0.3) is 0 Å². The van der Waals surface area contributed by atoms with E-state index < -0.39 is 5.60 Å². The molecule has 3 fully saturated rings. The third-order valence-electron chi connectivity index (χ3n) is 6.70. The highest BCUT2D eigenvalue weighted by Gasteiger charge is 2.46. The number of rotatable bonds is 5. The Labute approximate surface area is 173 Å². The average molecular weight is 400 g/mol. The topological polar surface area (TPSA) is 56.3 Å². The Morgan fingerprint density at radius 1 is 1.10 bits per heavy atom. The number of fused-ring (bicyclic) bond motifs is 1. The summed E-state index contributed by atoms with van der Waals surface area (Å²) in [6, 6.07) is 8.36. The summed E-state index contributed by atoms with van der Waals surface area (Å²) >= 11 is 0. The number of piperidine rings is 2. The lowest BCUT2D eigenvalue weighted by atomic mass is 9.75. The third kappa shape index (κ3) is 4.59. The van der Waals surface area contributed by atoms with Crippen LogP contribution in [0.4, 0.5) is 4.79 Å². The van der Waals surface area contributed by atoms with Crippen LogP contribution in [0.2, 0.25) is 0 Å². The van der Waals surface area contributed by atoms with Crippen molar-refractivity contribution in [2.75, 3.05) is 45.9 Å². The van der Waals surface area contributed by atoms with Gasteiger partial charge in [-0.3, -0.25) is 4.90 Å². The lowest BCUT2D eigenvalue weighted by molar-refractivity contribution is -0.108. The number of urea groups is 1. The van der Waals surface area contributed by atoms with Crippen molar-refractivity contribution in [1.82, 2.24) is 14.7 Å². The quantitative estimate of drug-likeness (QED) is 0.774. The Kier molecular flexibility index (Phi) is 6.11. The predicted octanol–water partition coefficient (Wildman–Crippen LogP) is 2.73. The number of hydrogen-bond acceptors (Lipinski definition) is 4. The number of carbonyl (C=O) groups excluding carboxylic acids is 1. The molecular formula is C23H33N3O3. The minimum Gasteiger partial charge on any atom is -0.490 e. The summed E-state index contributed by atoms with van der Waals surface area (Å²) in [7, 11) is 0. The SMILES string of the molecule is C=CCOc1ccc(CN2CC[C@]3(O)CCN(C(=O)N4CCCC4)C[C@@H]3C2)cc1. The molecule has 3 aliphatic rings. The molecule has 0 saturated carbocycles. The molecule has 2 atom stereocenters. The van der Waals surface area contributed by atoms with E-state index in [1.165, 1.54) is 5.56 Å². The number of likely N-dealkylation sites (tertiary alicyclic amines) is 3. The maximum absolute atomic E-state index is 12.8. The minimum absolute atomic E-state index is 0.117. The molecule has 158 valence electrons. The van der Waals surface area contributed by atoms with Crippen LogP contribution >= 0.6 is 0 Å². The largest absolute Gasteiger partial charge is 0.490 e. The maximum Gasteiger partial charge on any atom is 0.320 e. The van der Waals surface area contributed by atoms with Crippen LogP contribution in [0.1, 0.15) is 31.2 Å². The maximum atomic E-state index is 12.8. The summed E-state index contributed by atoms with van der Waals surface area (Å²) in [4.78, 5) is 19.1. The Morgan fingerprint density at radius 3 is 2.55 bits per heavy atom. The molecule has 0 bridgehead atoms. The molecule has 3 heterocycles. The normalized spacial score (nSPS) is 27.6. The van der Waals surface area contributed by atoms with Gasteiger partial charge in [-0.2, -0.15) is 0 Å². The number of benzene rings is 1. The lowest BCUT2D eigenvalue weighted by Gasteiger charge is -2.50. The monoisotopic (exact) mass is 399 g/mol. The van der Waals surface area contributed by atoms with Gasteiger partial charge >= 0.3 is 6.03 Å².